The summed E-state index contributed by atoms with van der Waals surface area (Å²) in [7, 11) is 0. The van der Waals surface area contributed by atoms with Gasteiger partial charge in [0.2, 0.25) is 5.91 Å². The fourth-order valence-corrected chi connectivity index (χ4v) is 5.06. The molecule has 10 heteroatoms. The highest BCUT2D eigenvalue weighted by Crippen LogP contribution is 2.34. The molecule has 1 aromatic heterocycles. The van der Waals surface area contributed by atoms with Gasteiger partial charge < -0.3 is 14.5 Å². The minimum Gasteiger partial charge on any atom is -0.482 e. The Hall–Kier alpha value is -3.56. The first-order valence-electron chi connectivity index (χ1n) is 12.6. The Balaban J connectivity index is 1.55. The van der Waals surface area contributed by atoms with Gasteiger partial charge in [0, 0.05) is 44.3 Å². The molecule has 0 N–H and O–H groups in total. The number of aromatic nitrogens is 2. The average Bonchev–Trinajstić information content (AvgIpc) is 2.84. The molecule has 2 amide bonds. The third kappa shape index (κ3) is 4.52. The Labute approximate surface area is 210 Å². The SMILES string of the molecule is CC[C@@H](C(=O)N1CCN(c2cc(=O)n(C(C)C)c(=O)n2C(C)C)CC1)N1C(=O)COc2ccccc21. The van der Waals surface area contributed by atoms with Gasteiger partial charge in [-0.3, -0.25) is 28.4 Å². The Morgan fingerprint density at radius 2 is 1.58 bits per heavy atom. The molecular weight excluding hydrogens is 462 g/mol. The van der Waals surface area contributed by atoms with E-state index in [0.29, 0.717) is 49.9 Å². The number of carbonyl (C=O) groups excluding carboxylic acids is 2. The molecule has 1 atom stereocenters. The van der Waals surface area contributed by atoms with Crippen LogP contribution >= 0.6 is 0 Å². The van der Waals surface area contributed by atoms with E-state index in [1.54, 1.807) is 26.5 Å². The van der Waals surface area contributed by atoms with Crippen LogP contribution in [0.3, 0.4) is 0 Å². The van der Waals surface area contributed by atoms with Crippen LogP contribution in [0.25, 0.3) is 0 Å². The van der Waals surface area contributed by atoms with Crippen molar-refractivity contribution in [2.75, 3.05) is 42.6 Å². The van der Waals surface area contributed by atoms with Crippen molar-refractivity contribution in [3.63, 3.8) is 0 Å². The van der Waals surface area contributed by atoms with Crippen LogP contribution in [-0.2, 0) is 9.59 Å². The van der Waals surface area contributed by atoms with E-state index in [4.69, 9.17) is 4.74 Å². The van der Waals surface area contributed by atoms with Crippen LogP contribution in [-0.4, -0.2) is 64.7 Å². The number of rotatable bonds is 6. The lowest BCUT2D eigenvalue weighted by Crippen LogP contribution is -2.58. The Kier molecular flexibility index (Phi) is 7.23. The van der Waals surface area contributed by atoms with E-state index >= 15 is 0 Å². The summed E-state index contributed by atoms with van der Waals surface area (Å²) in [6.07, 6.45) is 0.472. The van der Waals surface area contributed by atoms with Crippen LogP contribution in [0.4, 0.5) is 11.5 Å². The van der Waals surface area contributed by atoms with Gasteiger partial charge in [0.25, 0.3) is 11.5 Å². The summed E-state index contributed by atoms with van der Waals surface area (Å²) in [5.74, 6) is 0.821. The third-order valence-electron chi connectivity index (χ3n) is 6.83. The molecule has 194 valence electrons. The van der Waals surface area contributed by atoms with Crippen LogP contribution in [0.5, 0.6) is 5.75 Å². The second-order valence-corrected chi connectivity index (χ2v) is 9.81. The molecule has 0 aliphatic carbocycles. The first-order valence-corrected chi connectivity index (χ1v) is 12.6. The number of benzene rings is 1. The van der Waals surface area contributed by atoms with E-state index in [-0.39, 0.29) is 41.8 Å². The Morgan fingerprint density at radius 1 is 0.944 bits per heavy atom. The van der Waals surface area contributed by atoms with Gasteiger partial charge in [-0.25, -0.2) is 4.79 Å². The van der Waals surface area contributed by atoms with E-state index in [1.165, 1.54) is 10.6 Å². The van der Waals surface area contributed by atoms with Crippen molar-refractivity contribution in [3.05, 3.63) is 51.2 Å². The molecule has 0 bridgehead atoms. The van der Waals surface area contributed by atoms with Gasteiger partial charge in [-0.1, -0.05) is 19.1 Å². The maximum Gasteiger partial charge on any atom is 0.333 e. The zero-order chi connectivity index (χ0) is 26.1. The number of carbonyl (C=O) groups is 2. The maximum atomic E-state index is 13.6. The van der Waals surface area contributed by atoms with E-state index in [1.807, 2.05) is 51.7 Å². The van der Waals surface area contributed by atoms with Crippen LogP contribution < -0.4 is 25.8 Å². The van der Waals surface area contributed by atoms with Gasteiger partial charge in [-0.05, 0) is 46.2 Å². The van der Waals surface area contributed by atoms with Gasteiger partial charge in [0.1, 0.15) is 17.6 Å². The van der Waals surface area contributed by atoms with E-state index in [2.05, 4.69) is 0 Å². The number of nitrogens with zero attached hydrogens (tertiary/aromatic N) is 5. The van der Waals surface area contributed by atoms with Gasteiger partial charge >= 0.3 is 5.69 Å². The smallest absolute Gasteiger partial charge is 0.333 e. The third-order valence-corrected chi connectivity index (χ3v) is 6.83. The molecule has 0 radical (unpaired) electrons. The van der Waals surface area contributed by atoms with E-state index in [9.17, 15) is 19.2 Å². The number of hydrogen-bond donors (Lipinski definition) is 0. The number of hydrogen-bond acceptors (Lipinski definition) is 6. The summed E-state index contributed by atoms with van der Waals surface area (Å²) in [6, 6.07) is 7.79. The molecule has 4 rings (SSSR count). The van der Waals surface area contributed by atoms with Gasteiger partial charge in [0.05, 0.1) is 5.69 Å². The van der Waals surface area contributed by atoms with Crippen LogP contribution in [0, 0.1) is 0 Å². The molecule has 2 aliphatic heterocycles. The summed E-state index contributed by atoms with van der Waals surface area (Å²) in [5.41, 5.74) is -0.0354. The zero-order valence-electron chi connectivity index (χ0n) is 21.6. The molecule has 1 saturated heterocycles. The number of anilines is 2. The van der Waals surface area contributed by atoms with Gasteiger partial charge in [-0.15, -0.1) is 0 Å². The number of ether oxygens (including phenoxy) is 1. The van der Waals surface area contributed by atoms with Crippen molar-refractivity contribution in [3.8, 4) is 5.75 Å². The van der Waals surface area contributed by atoms with Crippen molar-refractivity contribution in [1.29, 1.82) is 0 Å². The molecule has 0 spiro atoms. The molecule has 2 aliphatic rings. The second kappa shape index (κ2) is 10.2. The minimum absolute atomic E-state index is 0.0940. The van der Waals surface area contributed by atoms with E-state index in [0.717, 1.165) is 0 Å². The van der Waals surface area contributed by atoms with Crippen LogP contribution in [0.15, 0.2) is 39.9 Å². The monoisotopic (exact) mass is 497 g/mol. The summed E-state index contributed by atoms with van der Waals surface area (Å²) in [5, 5.41) is 0. The maximum absolute atomic E-state index is 13.6. The first kappa shape index (κ1) is 25.5. The predicted octanol–water partition coefficient (Wildman–Crippen LogP) is 2.02. The van der Waals surface area contributed by atoms with Crippen molar-refractivity contribution >= 4 is 23.3 Å². The predicted molar refractivity (Wildman–Crippen MR) is 138 cm³/mol. The molecule has 0 unspecified atom stereocenters. The van der Waals surface area contributed by atoms with Gasteiger partial charge in [0.15, 0.2) is 6.61 Å². The molecule has 0 saturated carbocycles. The molecule has 36 heavy (non-hydrogen) atoms. The lowest BCUT2D eigenvalue weighted by Gasteiger charge is -2.41. The molecule has 10 nitrogen and oxygen atoms in total. The standard InChI is InChI=1S/C26H35N5O5/c1-6-19(31-20-9-7-8-10-21(20)36-16-24(31)33)25(34)28-13-11-27(12-14-28)22-15-23(32)30(18(4)5)26(35)29(22)17(2)3/h7-10,15,17-19H,6,11-14,16H2,1-5H3/t19-/m0/s1. The number of amides is 2. The van der Waals surface area contributed by atoms with E-state index < -0.39 is 6.04 Å². The quantitative estimate of drug-likeness (QED) is 0.606. The average molecular weight is 498 g/mol. The van der Waals surface area contributed by atoms with Crippen LogP contribution in [0.1, 0.15) is 53.1 Å². The van der Waals surface area contributed by atoms with Crippen molar-refractivity contribution < 1.29 is 14.3 Å². The summed E-state index contributed by atoms with van der Waals surface area (Å²) in [6.45, 7) is 11.1. The lowest BCUT2D eigenvalue weighted by atomic mass is 10.1. The largest absolute Gasteiger partial charge is 0.482 e. The number of para-hydroxylation sites is 2. The fraction of sp³-hybridized carbons (Fsp3) is 0.538. The summed E-state index contributed by atoms with van der Waals surface area (Å²) < 4.78 is 8.46. The minimum atomic E-state index is -0.627. The summed E-state index contributed by atoms with van der Waals surface area (Å²) >= 11 is 0. The highest BCUT2D eigenvalue weighted by Gasteiger charge is 2.37. The first-order chi connectivity index (χ1) is 17.1. The van der Waals surface area contributed by atoms with Crippen molar-refractivity contribution in [1.82, 2.24) is 14.0 Å². The Bertz CT molecular complexity index is 1260. The highest BCUT2D eigenvalue weighted by molar-refractivity contribution is 6.03. The molecule has 2 aromatic rings. The molecule has 1 fully saturated rings. The zero-order valence-corrected chi connectivity index (χ0v) is 21.6. The summed E-state index contributed by atoms with van der Waals surface area (Å²) in [4.78, 5) is 57.6. The normalized spacial score (nSPS) is 16.9. The van der Waals surface area contributed by atoms with Gasteiger partial charge in [-0.2, -0.15) is 0 Å². The highest BCUT2D eigenvalue weighted by atomic mass is 16.5. The molecule has 3 heterocycles. The van der Waals surface area contributed by atoms with Crippen molar-refractivity contribution in [2.24, 2.45) is 0 Å². The molecular formula is C26H35N5O5. The number of fused-ring (bicyclic) bond motifs is 1. The lowest BCUT2D eigenvalue weighted by molar-refractivity contribution is -0.135. The fourth-order valence-electron chi connectivity index (χ4n) is 5.06. The topological polar surface area (TPSA) is 97.1 Å². The number of piperazine rings is 1. The Morgan fingerprint density at radius 3 is 2.19 bits per heavy atom. The van der Waals surface area contributed by atoms with Crippen LogP contribution in [0.2, 0.25) is 0 Å². The molecule has 1 aromatic carbocycles. The second-order valence-electron chi connectivity index (χ2n) is 9.81. The van der Waals surface area contributed by atoms with Crippen molar-refractivity contribution in [2.45, 2.75) is 59.2 Å².